The smallest absolute Gasteiger partial charge is 0.141 e. The van der Waals surface area contributed by atoms with E-state index >= 15 is 0 Å². The van der Waals surface area contributed by atoms with Gasteiger partial charge in [0.15, 0.2) is 0 Å². The molecule has 0 heterocycles. The summed E-state index contributed by atoms with van der Waals surface area (Å²) >= 11 is 0. The lowest BCUT2D eigenvalue weighted by Crippen LogP contribution is -2.55. The fourth-order valence-electron chi connectivity index (χ4n) is 7.15. The highest BCUT2D eigenvalue weighted by atomic mass is 16.5. The van der Waals surface area contributed by atoms with Gasteiger partial charge in [0.05, 0.1) is 12.0 Å². The summed E-state index contributed by atoms with van der Waals surface area (Å²) in [6.07, 6.45) is 9.10. The quantitative estimate of drug-likeness (QED) is 0.778. The van der Waals surface area contributed by atoms with E-state index in [2.05, 4.69) is 6.92 Å². The van der Waals surface area contributed by atoms with Crippen LogP contribution in [0.5, 0.6) is 0 Å². The third-order valence-electron chi connectivity index (χ3n) is 8.33. The number of ether oxygens (including phenoxy) is 1. The van der Waals surface area contributed by atoms with Gasteiger partial charge in [0.25, 0.3) is 0 Å². The summed E-state index contributed by atoms with van der Waals surface area (Å²) in [5, 5.41) is 0. The molecule has 0 spiro atoms. The number of hydrogen-bond donors (Lipinski definition) is 0. The molecule has 6 atom stereocenters. The number of hydrogen-bond acceptors (Lipinski definition) is 3. The molecular weight excluding hydrogens is 288 g/mol. The molecule has 3 heteroatoms. The van der Waals surface area contributed by atoms with E-state index in [9.17, 15) is 9.59 Å². The van der Waals surface area contributed by atoms with Crippen molar-refractivity contribution in [1.82, 2.24) is 0 Å². The molecule has 0 amide bonds. The van der Waals surface area contributed by atoms with Gasteiger partial charge in [0.1, 0.15) is 11.6 Å². The number of rotatable bonds is 2. The Morgan fingerprint density at radius 2 is 1.87 bits per heavy atom. The predicted octanol–water partition coefficient (Wildman–Crippen LogP) is 3.79. The van der Waals surface area contributed by atoms with Crippen LogP contribution in [0, 0.1) is 34.5 Å². The molecule has 0 bridgehead atoms. The first-order chi connectivity index (χ1) is 11.0. The van der Waals surface area contributed by atoms with E-state index in [1.165, 1.54) is 12.8 Å². The number of carbonyl (C=O) groups excluding carboxylic acids is 2. The second kappa shape index (κ2) is 5.40. The van der Waals surface area contributed by atoms with E-state index in [1.54, 1.807) is 7.11 Å². The molecule has 128 valence electrons. The van der Waals surface area contributed by atoms with Crippen LogP contribution in [0.15, 0.2) is 0 Å². The molecule has 1 unspecified atom stereocenters. The predicted molar refractivity (Wildman–Crippen MR) is 87.9 cm³/mol. The Morgan fingerprint density at radius 1 is 1.04 bits per heavy atom. The molecule has 23 heavy (non-hydrogen) atoms. The maximum atomic E-state index is 12.7. The first-order valence-corrected chi connectivity index (χ1v) is 9.55. The van der Waals surface area contributed by atoms with Crippen molar-refractivity contribution in [2.24, 2.45) is 34.5 Å². The Bertz CT molecular complexity index is 527. The van der Waals surface area contributed by atoms with Gasteiger partial charge in [-0.1, -0.05) is 6.92 Å². The molecule has 0 saturated heterocycles. The molecule has 4 aliphatic rings. The van der Waals surface area contributed by atoms with E-state index in [-0.39, 0.29) is 5.41 Å². The van der Waals surface area contributed by atoms with Gasteiger partial charge in [-0.25, -0.2) is 0 Å². The SMILES string of the molecule is COC[C@]12CC[C@H]3[C@@H](CCC4CC(=O)CC[C@@]43C)[C@@H]1CCC2=O. The second-order valence-electron chi connectivity index (χ2n) is 8.99. The fraction of sp³-hybridized carbons (Fsp3) is 0.900. The minimum Gasteiger partial charge on any atom is -0.384 e. The standard InChI is InChI=1S/C20H30O3/c1-19-9-7-14(21)11-13(19)3-4-15-16(19)8-10-20(12-23-2)17(15)5-6-18(20)22/h13,15-17H,3-12H2,1-2H3/t13?,15-,16+,17+,19+,20-/m1/s1. The van der Waals surface area contributed by atoms with E-state index < -0.39 is 0 Å². The van der Waals surface area contributed by atoms with Crippen molar-refractivity contribution in [1.29, 1.82) is 0 Å². The van der Waals surface area contributed by atoms with E-state index in [1.807, 2.05) is 0 Å². The Hall–Kier alpha value is -0.700. The number of carbonyl (C=O) groups is 2. The third kappa shape index (κ3) is 2.11. The van der Waals surface area contributed by atoms with Gasteiger partial charge in [0.2, 0.25) is 0 Å². The van der Waals surface area contributed by atoms with Crippen LogP contribution in [0.2, 0.25) is 0 Å². The molecule has 4 aliphatic carbocycles. The van der Waals surface area contributed by atoms with E-state index in [4.69, 9.17) is 4.74 Å². The lowest BCUT2D eigenvalue weighted by atomic mass is 9.45. The molecule has 0 aromatic carbocycles. The van der Waals surface area contributed by atoms with Crippen LogP contribution in [0.25, 0.3) is 0 Å². The molecule has 3 nitrogen and oxygen atoms in total. The van der Waals surface area contributed by atoms with E-state index in [0.29, 0.717) is 41.3 Å². The van der Waals surface area contributed by atoms with Gasteiger partial charge in [-0.15, -0.1) is 0 Å². The van der Waals surface area contributed by atoms with Crippen molar-refractivity contribution in [3.8, 4) is 0 Å². The van der Waals surface area contributed by atoms with Gasteiger partial charge in [-0.2, -0.15) is 0 Å². The highest BCUT2D eigenvalue weighted by Gasteiger charge is 2.61. The van der Waals surface area contributed by atoms with Crippen molar-refractivity contribution in [2.45, 2.75) is 64.7 Å². The zero-order valence-electron chi connectivity index (χ0n) is 14.6. The number of fused-ring (bicyclic) bond motifs is 5. The largest absolute Gasteiger partial charge is 0.384 e. The average molecular weight is 318 g/mol. The topological polar surface area (TPSA) is 43.4 Å². The van der Waals surface area contributed by atoms with Crippen molar-refractivity contribution in [2.75, 3.05) is 13.7 Å². The highest BCUT2D eigenvalue weighted by molar-refractivity contribution is 5.87. The molecule has 0 aromatic heterocycles. The summed E-state index contributed by atoms with van der Waals surface area (Å²) in [5.41, 5.74) is 0.158. The minimum atomic E-state index is -0.177. The van der Waals surface area contributed by atoms with Gasteiger partial charge in [-0.3, -0.25) is 9.59 Å². The third-order valence-corrected chi connectivity index (χ3v) is 8.33. The summed E-state index contributed by atoms with van der Waals surface area (Å²) in [7, 11) is 1.74. The van der Waals surface area contributed by atoms with Crippen LogP contribution >= 0.6 is 0 Å². The van der Waals surface area contributed by atoms with Crippen molar-refractivity contribution in [3.63, 3.8) is 0 Å². The Labute approximate surface area is 139 Å². The zero-order chi connectivity index (χ0) is 16.2. The summed E-state index contributed by atoms with van der Waals surface area (Å²) in [5.74, 6) is 3.47. The molecular formula is C20H30O3. The average Bonchev–Trinajstić information content (AvgIpc) is 2.86. The fourth-order valence-corrected chi connectivity index (χ4v) is 7.15. The monoisotopic (exact) mass is 318 g/mol. The van der Waals surface area contributed by atoms with Crippen molar-refractivity contribution < 1.29 is 14.3 Å². The summed E-state index contributed by atoms with van der Waals surface area (Å²) in [6.45, 7) is 3.08. The second-order valence-corrected chi connectivity index (χ2v) is 8.99. The van der Waals surface area contributed by atoms with Crippen molar-refractivity contribution in [3.05, 3.63) is 0 Å². The molecule has 0 N–H and O–H groups in total. The van der Waals surface area contributed by atoms with E-state index in [0.717, 1.165) is 50.9 Å². The van der Waals surface area contributed by atoms with Gasteiger partial charge >= 0.3 is 0 Å². The van der Waals surface area contributed by atoms with Gasteiger partial charge in [0, 0.05) is 26.4 Å². The molecule has 4 rings (SSSR count). The first kappa shape index (κ1) is 15.8. The normalized spacial score (nSPS) is 49.5. The first-order valence-electron chi connectivity index (χ1n) is 9.55. The maximum Gasteiger partial charge on any atom is 0.141 e. The molecule has 0 aromatic rings. The van der Waals surface area contributed by atoms with Crippen LogP contribution in [0.3, 0.4) is 0 Å². The molecule has 0 aliphatic heterocycles. The maximum absolute atomic E-state index is 12.7. The van der Waals surface area contributed by atoms with Crippen LogP contribution < -0.4 is 0 Å². The van der Waals surface area contributed by atoms with Crippen molar-refractivity contribution >= 4 is 11.6 Å². The van der Waals surface area contributed by atoms with Crippen LogP contribution in [0.1, 0.15) is 64.7 Å². The molecule has 4 fully saturated rings. The van der Waals surface area contributed by atoms with Gasteiger partial charge in [-0.05, 0) is 67.6 Å². The lowest BCUT2D eigenvalue weighted by Gasteiger charge is -2.59. The van der Waals surface area contributed by atoms with Crippen LogP contribution in [-0.4, -0.2) is 25.3 Å². The number of Topliss-reactive ketones (excluding diaryl/α,β-unsaturated/α-hetero) is 2. The minimum absolute atomic E-state index is 0.177. The molecule has 4 saturated carbocycles. The number of methoxy groups -OCH3 is 1. The summed E-state index contributed by atoms with van der Waals surface area (Å²) in [4.78, 5) is 24.6. The van der Waals surface area contributed by atoms with Crippen LogP contribution in [0.4, 0.5) is 0 Å². The van der Waals surface area contributed by atoms with Gasteiger partial charge < -0.3 is 4.74 Å². The van der Waals surface area contributed by atoms with Crippen LogP contribution in [-0.2, 0) is 14.3 Å². The number of ketones is 2. The lowest BCUT2D eigenvalue weighted by molar-refractivity contribution is -0.151. The summed E-state index contributed by atoms with van der Waals surface area (Å²) < 4.78 is 5.52. The Balaban J connectivity index is 1.64. The zero-order valence-corrected chi connectivity index (χ0v) is 14.6. The Kier molecular flexibility index (Phi) is 3.71. The molecule has 0 radical (unpaired) electrons. The summed E-state index contributed by atoms with van der Waals surface area (Å²) in [6, 6.07) is 0. The Morgan fingerprint density at radius 3 is 2.65 bits per heavy atom. The highest BCUT2D eigenvalue weighted by Crippen LogP contribution is 2.65.